The van der Waals surface area contributed by atoms with Crippen LogP contribution < -0.4 is 9.47 Å². The molecule has 0 atom stereocenters. The molecular formula is C37H24N2O6. The van der Waals surface area contributed by atoms with E-state index in [2.05, 4.69) is 24.3 Å². The number of nitro benzene ring substituents is 2. The Kier molecular flexibility index (Phi) is 6.79. The molecule has 6 aromatic rings. The van der Waals surface area contributed by atoms with Crippen LogP contribution in [-0.2, 0) is 5.41 Å². The van der Waals surface area contributed by atoms with Gasteiger partial charge in [-0.25, -0.2) is 0 Å². The second-order valence-electron chi connectivity index (χ2n) is 10.5. The smallest absolute Gasteiger partial charge is 0.311 e. The lowest BCUT2D eigenvalue weighted by Gasteiger charge is -2.34. The summed E-state index contributed by atoms with van der Waals surface area (Å²) >= 11 is 0. The highest BCUT2D eigenvalue weighted by Gasteiger charge is 2.45. The fourth-order valence-corrected chi connectivity index (χ4v) is 6.21. The summed E-state index contributed by atoms with van der Waals surface area (Å²) in [5, 5.41) is 23.1. The molecule has 8 heteroatoms. The van der Waals surface area contributed by atoms with Crippen molar-refractivity contribution >= 4 is 11.4 Å². The van der Waals surface area contributed by atoms with Crippen LogP contribution in [0.15, 0.2) is 146 Å². The number of fused-ring (bicyclic) bond motifs is 3. The number of rotatable bonds is 8. The van der Waals surface area contributed by atoms with Gasteiger partial charge in [0, 0.05) is 12.1 Å². The maximum Gasteiger partial charge on any atom is 0.311 e. The topological polar surface area (TPSA) is 105 Å². The van der Waals surface area contributed by atoms with Crippen LogP contribution in [0, 0.1) is 20.2 Å². The largest absolute Gasteiger partial charge is 0.450 e. The van der Waals surface area contributed by atoms with E-state index in [0.717, 1.165) is 33.4 Å². The number of hydrogen-bond donors (Lipinski definition) is 0. The Balaban J connectivity index is 1.34. The number of para-hydroxylation sites is 4. The summed E-state index contributed by atoms with van der Waals surface area (Å²) in [7, 11) is 0. The zero-order chi connectivity index (χ0) is 31.0. The maximum absolute atomic E-state index is 11.5. The molecule has 7 rings (SSSR count). The summed E-state index contributed by atoms with van der Waals surface area (Å²) in [5.41, 5.74) is 5.46. The van der Waals surface area contributed by atoms with Crippen LogP contribution in [0.3, 0.4) is 0 Å². The van der Waals surface area contributed by atoms with Gasteiger partial charge in [-0.2, -0.15) is 0 Å². The van der Waals surface area contributed by atoms with E-state index in [4.69, 9.17) is 9.47 Å². The fraction of sp³-hybridized carbons (Fsp3) is 0.0270. The number of nitrogens with zero attached hydrogens (tertiary/aromatic N) is 2. The van der Waals surface area contributed by atoms with E-state index in [1.54, 1.807) is 36.4 Å². The molecule has 1 aliphatic carbocycles. The van der Waals surface area contributed by atoms with Gasteiger partial charge in [0.2, 0.25) is 11.5 Å². The Hall–Kier alpha value is -6.28. The van der Waals surface area contributed by atoms with E-state index in [0.29, 0.717) is 11.5 Å². The first-order valence-electron chi connectivity index (χ1n) is 14.2. The molecule has 8 nitrogen and oxygen atoms in total. The monoisotopic (exact) mass is 592 g/mol. The molecule has 0 saturated heterocycles. The summed E-state index contributed by atoms with van der Waals surface area (Å²) in [6.07, 6.45) is 0. The van der Waals surface area contributed by atoms with Crippen molar-refractivity contribution in [2.75, 3.05) is 0 Å². The van der Waals surface area contributed by atoms with Crippen molar-refractivity contribution in [3.8, 4) is 34.1 Å². The lowest BCUT2D eigenvalue weighted by atomic mass is 9.68. The number of nitro groups is 2. The van der Waals surface area contributed by atoms with E-state index >= 15 is 0 Å². The van der Waals surface area contributed by atoms with Gasteiger partial charge >= 0.3 is 11.4 Å². The first-order chi connectivity index (χ1) is 22.0. The fourth-order valence-electron chi connectivity index (χ4n) is 6.21. The van der Waals surface area contributed by atoms with Crippen molar-refractivity contribution < 1.29 is 19.3 Å². The Morgan fingerprint density at radius 3 is 1.20 bits per heavy atom. The van der Waals surface area contributed by atoms with Gasteiger partial charge in [-0.15, -0.1) is 0 Å². The Bertz CT molecular complexity index is 1920. The normalized spacial score (nSPS) is 12.5. The van der Waals surface area contributed by atoms with Crippen molar-refractivity contribution in [1.29, 1.82) is 0 Å². The molecule has 0 spiro atoms. The minimum Gasteiger partial charge on any atom is -0.450 e. The summed E-state index contributed by atoms with van der Waals surface area (Å²) < 4.78 is 11.9. The van der Waals surface area contributed by atoms with Crippen LogP contribution >= 0.6 is 0 Å². The highest BCUT2D eigenvalue weighted by Crippen LogP contribution is 2.56. The third-order valence-electron chi connectivity index (χ3n) is 8.11. The molecule has 0 aromatic heterocycles. The molecule has 45 heavy (non-hydrogen) atoms. The molecule has 1 aliphatic rings. The molecule has 0 bridgehead atoms. The second-order valence-corrected chi connectivity index (χ2v) is 10.5. The molecule has 218 valence electrons. The molecule has 0 heterocycles. The summed E-state index contributed by atoms with van der Waals surface area (Å²) in [4.78, 5) is 22.1. The second kappa shape index (κ2) is 11.1. The highest BCUT2D eigenvalue weighted by molar-refractivity contribution is 5.86. The summed E-state index contributed by atoms with van der Waals surface area (Å²) in [5.74, 6) is 1.26. The lowest BCUT2D eigenvalue weighted by Crippen LogP contribution is -2.28. The summed E-state index contributed by atoms with van der Waals surface area (Å²) in [6.45, 7) is 0. The average Bonchev–Trinajstić information content (AvgIpc) is 3.37. The average molecular weight is 593 g/mol. The number of hydrogen-bond acceptors (Lipinski definition) is 6. The standard InChI is InChI=1S/C37H24N2O6/c40-38(41)33-13-5-7-15-35(33)44-27-21-17-25(18-22-27)37(31-11-3-1-9-29(31)30-10-2-4-12-32(30)37)26-19-23-28(24-20-26)45-36-16-8-6-14-34(36)39(42)43/h1-24H. The minimum absolute atomic E-state index is 0.111. The lowest BCUT2D eigenvalue weighted by molar-refractivity contribution is -0.385. The van der Waals surface area contributed by atoms with E-state index in [1.807, 2.05) is 72.8 Å². The maximum atomic E-state index is 11.5. The van der Waals surface area contributed by atoms with Gasteiger partial charge in [0.1, 0.15) is 11.5 Å². The summed E-state index contributed by atoms with van der Waals surface area (Å²) in [6, 6.07) is 44.4. The third-order valence-corrected chi connectivity index (χ3v) is 8.11. The molecule has 0 fully saturated rings. The minimum atomic E-state index is -0.707. The van der Waals surface area contributed by atoms with Crippen molar-refractivity contribution in [3.63, 3.8) is 0 Å². The zero-order valence-corrected chi connectivity index (χ0v) is 23.7. The molecular weight excluding hydrogens is 568 g/mol. The first-order valence-corrected chi connectivity index (χ1v) is 14.2. The SMILES string of the molecule is O=[N+]([O-])c1ccccc1Oc1ccc(C2(c3ccc(Oc4ccccc4[N+](=O)[O-])cc3)c3ccccc3-c3ccccc32)cc1. The Morgan fingerprint density at radius 1 is 0.444 bits per heavy atom. The molecule has 0 N–H and O–H groups in total. The molecule has 0 radical (unpaired) electrons. The zero-order valence-electron chi connectivity index (χ0n) is 23.7. The van der Waals surface area contributed by atoms with Crippen LogP contribution in [0.25, 0.3) is 11.1 Å². The van der Waals surface area contributed by atoms with Crippen LogP contribution in [0.4, 0.5) is 11.4 Å². The predicted molar refractivity (Wildman–Crippen MR) is 170 cm³/mol. The Morgan fingerprint density at radius 2 is 0.800 bits per heavy atom. The van der Waals surface area contributed by atoms with Crippen molar-refractivity contribution in [2.24, 2.45) is 0 Å². The van der Waals surface area contributed by atoms with Gasteiger partial charge in [-0.3, -0.25) is 20.2 Å². The molecule has 0 aliphatic heterocycles. The van der Waals surface area contributed by atoms with Gasteiger partial charge in [-0.1, -0.05) is 97.1 Å². The van der Waals surface area contributed by atoms with Crippen molar-refractivity contribution in [2.45, 2.75) is 5.41 Å². The van der Waals surface area contributed by atoms with E-state index in [1.165, 1.54) is 12.1 Å². The van der Waals surface area contributed by atoms with Gasteiger partial charge < -0.3 is 9.47 Å². The van der Waals surface area contributed by atoms with Gasteiger partial charge in [0.25, 0.3) is 0 Å². The van der Waals surface area contributed by atoms with Gasteiger partial charge in [-0.05, 0) is 69.8 Å². The Labute approximate surface area is 258 Å². The predicted octanol–water partition coefficient (Wildman–Crippen LogP) is 9.45. The van der Waals surface area contributed by atoms with Crippen LogP contribution in [0.5, 0.6) is 23.0 Å². The highest BCUT2D eigenvalue weighted by atomic mass is 16.6. The van der Waals surface area contributed by atoms with Gasteiger partial charge in [0.05, 0.1) is 15.3 Å². The van der Waals surface area contributed by atoms with E-state index in [-0.39, 0.29) is 22.9 Å². The number of benzene rings is 6. The first kappa shape index (κ1) is 27.5. The van der Waals surface area contributed by atoms with E-state index in [9.17, 15) is 20.2 Å². The van der Waals surface area contributed by atoms with Gasteiger partial charge in [0.15, 0.2) is 0 Å². The van der Waals surface area contributed by atoms with Crippen LogP contribution in [-0.4, -0.2) is 9.85 Å². The van der Waals surface area contributed by atoms with Crippen molar-refractivity contribution in [1.82, 2.24) is 0 Å². The van der Waals surface area contributed by atoms with Crippen LogP contribution in [0.2, 0.25) is 0 Å². The molecule has 0 saturated carbocycles. The van der Waals surface area contributed by atoms with E-state index < -0.39 is 15.3 Å². The van der Waals surface area contributed by atoms with Crippen molar-refractivity contribution in [3.05, 3.63) is 188 Å². The molecule has 6 aromatic carbocycles. The molecule has 0 unspecified atom stereocenters. The third kappa shape index (κ3) is 4.65. The quantitative estimate of drug-likeness (QED) is 0.129. The van der Waals surface area contributed by atoms with Crippen LogP contribution in [0.1, 0.15) is 22.3 Å². The molecule has 0 amide bonds. The number of ether oxygens (including phenoxy) is 2.